The zero-order chi connectivity index (χ0) is 7.82. The maximum Gasteiger partial charge on any atom is 0.174 e. The monoisotopic (exact) mass is 143 g/mol. The number of hydrogen-bond acceptors (Lipinski definition) is 3. The van der Waals surface area contributed by atoms with E-state index in [-0.39, 0.29) is 12.4 Å². The van der Waals surface area contributed by atoms with E-state index in [1.807, 2.05) is 0 Å². The Hall–Kier alpha value is -0.860. The number of hydrogen-bond donors (Lipinski definition) is 0. The number of nitrogens with zero attached hydrogens (tertiary/aromatic N) is 1. The van der Waals surface area contributed by atoms with Gasteiger partial charge < -0.3 is 4.84 Å². The Kier molecular flexibility index (Phi) is 5.72. The molecule has 0 atom stereocenters. The average Bonchev–Trinajstić information content (AvgIpc) is 1.87. The number of Topliss-reactive ketones (excluding diaryl/α,β-unsaturated/α-hetero) is 1. The highest BCUT2D eigenvalue weighted by Crippen LogP contribution is 1.82. The summed E-state index contributed by atoms with van der Waals surface area (Å²) in [6, 6.07) is 0. The van der Waals surface area contributed by atoms with Crippen LogP contribution in [0.5, 0.6) is 0 Å². The zero-order valence-electron chi connectivity index (χ0n) is 6.46. The second kappa shape index (κ2) is 6.26. The number of rotatable bonds is 5. The van der Waals surface area contributed by atoms with Gasteiger partial charge in [-0.3, -0.25) is 4.79 Å². The van der Waals surface area contributed by atoms with E-state index >= 15 is 0 Å². The molecule has 0 amide bonds. The lowest BCUT2D eigenvalue weighted by molar-refractivity contribution is -0.121. The molecule has 3 nitrogen and oxygen atoms in total. The third-order valence-electron chi connectivity index (χ3n) is 0.835. The molecule has 0 radical (unpaired) electrons. The molecule has 58 valence electrons. The summed E-state index contributed by atoms with van der Waals surface area (Å²) in [6.45, 7) is 3.60. The Morgan fingerprint density at radius 2 is 2.40 bits per heavy atom. The van der Waals surface area contributed by atoms with Gasteiger partial charge in [0.05, 0.1) is 0 Å². The first-order valence-corrected chi connectivity index (χ1v) is 3.40. The van der Waals surface area contributed by atoms with Crippen molar-refractivity contribution >= 4 is 12.0 Å². The summed E-state index contributed by atoms with van der Waals surface area (Å²) in [5.74, 6) is -0.00588. The number of unbranched alkanes of at least 4 members (excludes halogenated alkanes) is 1. The quantitative estimate of drug-likeness (QED) is 0.430. The van der Waals surface area contributed by atoms with Gasteiger partial charge in [0, 0.05) is 6.21 Å². The summed E-state index contributed by atoms with van der Waals surface area (Å²) in [7, 11) is 0. The first-order valence-electron chi connectivity index (χ1n) is 3.40. The van der Waals surface area contributed by atoms with Crippen molar-refractivity contribution in [2.75, 3.05) is 6.61 Å². The van der Waals surface area contributed by atoms with Crippen LogP contribution in [0, 0.1) is 0 Å². The van der Waals surface area contributed by atoms with Crippen molar-refractivity contribution in [3.05, 3.63) is 0 Å². The number of carbonyl (C=O) groups is 1. The summed E-state index contributed by atoms with van der Waals surface area (Å²) in [6.07, 6.45) is 3.62. The van der Waals surface area contributed by atoms with Gasteiger partial charge in [0.2, 0.25) is 0 Å². The molecule has 0 aliphatic heterocycles. The van der Waals surface area contributed by atoms with Crippen molar-refractivity contribution < 1.29 is 9.63 Å². The Morgan fingerprint density at radius 3 is 2.90 bits per heavy atom. The van der Waals surface area contributed by atoms with Crippen molar-refractivity contribution in [2.45, 2.75) is 26.7 Å². The predicted octanol–water partition coefficient (Wildman–Crippen LogP) is 1.38. The molecule has 10 heavy (non-hydrogen) atoms. The van der Waals surface area contributed by atoms with Crippen LogP contribution in [0.1, 0.15) is 26.7 Å². The van der Waals surface area contributed by atoms with Gasteiger partial charge in [0.1, 0.15) is 0 Å². The highest BCUT2D eigenvalue weighted by molar-refractivity contribution is 5.76. The van der Waals surface area contributed by atoms with E-state index in [9.17, 15) is 4.79 Å². The fourth-order valence-electron chi connectivity index (χ4n) is 0.363. The van der Waals surface area contributed by atoms with Gasteiger partial charge in [-0.1, -0.05) is 18.5 Å². The van der Waals surface area contributed by atoms with Crippen LogP contribution in [0.4, 0.5) is 0 Å². The van der Waals surface area contributed by atoms with Gasteiger partial charge in [-0.05, 0) is 13.3 Å². The summed E-state index contributed by atoms with van der Waals surface area (Å²) in [5.41, 5.74) is 0. The molecule has 0 heterocycles. The first kappa shape index (κ1) is 9.14. The van der Waals surface area contributed by atoms with Crippen LogP contribution >= 0.6 is 0 Å². The summed E-state index contributed by atoms with van der Waals surface area (Å²) in [4.78, 5) is 14.9. The zero-order valence-corrected chi connectivity index (χ0v) is 6.46. The van der Waals surface area contributed by atoms with Gasteiger partial charge in [0.25, 0.3) is 0 Å². The van der Waals surface area contributed by atoms with Crippen LogP contribution in [0.25, 0.3) is 0 Å². The lowest BCUT2D eigenvalue weighted by Crippen LogP contribution is -1.99. The Labute approximate surface area is 61.1 Å². The molecule has 0 saturated heterocycles. The minimum absolute atomic E-state index is 0.00588. The highest BCUT2D eigenvalue weighted by Gasteiger charge is 1.88. The third-order valence-corrected chi connectivity index (χ3v) is 0.835. The van der Waals surface area contributed by atoms with Crippen LogP contribution in [0.15, 0.2) is 5.16 Å². The first-order chi connectivity index (χ1) is 4.77. The molecule has 0 spiro atoms. The number of oxime groups is 1. The second-order valence-corrected chi connectivity index (χ2v) is 2.05. The Morgan fingerprint density at radius 1 is 1.70 bits per heavy atom. The number of carbonyl (C=O) groups excluding carboxylic acids is 1. The molecule has 0 bridgehead atoms. The molecule has 0 fully saturated rings. The van der Waals surface area contributed by atoms with Crippen LogP contribution in [0.2, 0.25) is 0 Å². The molecule has 0 unspecified atom stereocenters. The smallest absolute Gasteiger partial charge is 0.174 e. The molecular weight excluding hydrogens is 130 g/mol. The van der Waals surface area contributed by atoms with Gasteiger partial charge in [-0.2, -0.15) is 0 Å². The van der Waals surface area contributed by atoms with Crippen molar-refractivity contribution in [3.63, 3.8) is 0 Å². The average molecular weight is 143 g/mol. The van der Waals surface area contributed by atoms with E-state index in [4.69, 9.17) is 0 Å². The molecule has 0 aromatic carbocycles. The fourth-order valence-corrected chi connectivity index (χ4v) is 0.363. The molecule has 0 aromatic rings. The largest absolute Gasteiger partial charge is 0.388 e. The molecule has 3 heteroatoms. The van der Waals surface area contributed by atoms with E-state index < -0.39 is 0 Å². The van der Waals surface area contributed by atoms with Gasteiger partial charge in [-0.25, -0.2) is 0 Å². The summed E-state index contributed by atoms with van der Waals surface area (Å²) < 4.78 is 0. The molecule has 0 aliphatic carbocycles. The molecule has 0 aromatic heterocycles. The lowest BCUT2D eigenvalue weighted by atomic mass is 10.4. The second-order valence-electron chi connectivity index (χ2n) is 2.05. The molecule has 0 N–H and O–H groups in total. The molecule has 0 rings (SSSR count). The minimum Gasteiger partial charge on any atom is -0.388 e. The standard InChI is InChI=1S/C7H13NO2/c1-3-4-5-8-10-6-7(2)9/h5H,3-4,6H2,1-2H3. The van der Waals surface area contributed by atoms with E-state index in [0.717, 1.165) is 12.8 Å². The SMILES string of the molecule is CCCC=NOCC(C)=O. The third kappa shape index (κ3) is 7.14. The summed E-state index contributed by atoms with van der Waals surface area (Å²) in [5, 5.41) is 3.56. The van der Waals surface area contributed by atoms with Crippen molar-refractivity contribution in [1.29, 1.82) is 0 Å². The van der Waals surface area contributed by atoms with E-state index in [2.05, 4.69) is 16.9 Å². The highest BCUT2D eigenvalue weighted by atomic mass is 16.6. The van der Waals surface area contributed by atoms with Crippen molar-refractivity contribution in [2.24, 2.45) is 5.16 Å². The van der Waals surface area contributed by atoms with Crippen LogP contribution in [-0.2, 0) is 9.63 Å². The lowest BCUT2D eigenvalue weighted by Gasteiger charge is -1.91. The predicted molar refractivity (Wildman–Crippen MR) is 40.0 cm³/mol. The van der Waals surface area contributed by atoms with Crippen molar-refractivity contribution in [1.82, 2.24) is 0 Å². The van der Waals surface area contributed by atoms with Crippen LogP contribution in [0.3, 0.4) is 0 Å². The Balaban J connectivity index is 3.10. The maximum atomic E-state index is 10.3. The topological polar surface area (TPSA) is 38.7 Å². The molecule has 0 aliphatic rings. The van der Waals surface area contributed by atoms with Crippen molar-refractivity contribution in [3.8, 4) is 0 Å². The van der Waals surface area contributed by atoms with Gasteiger partial charge in [0.15, 0.2) is 12.4 Å². The molecule has 0 saturated carbocycles. The van der Waals surface area contributed by atoms with Gasteiger partial charge >= 0.3 is 0 Å². The van der Waals surface area contributed by atoms with Crippen LogP contribution in [-0.4, -0.2) is 18.6 Å². The summed E-state index contributed by atoms with van der Waals surface area (Å²) >= 11 is 0. The van der Waals surface area contributed by atoms with E-state index in [1.165, 1.54) is 6.92 Å². The van der Waals surface area contributed by atoms with Crippen LogP contribution < -0.4 is 0 Å². The molecular formula is C7H13NO2. The maximum absolute atomic E-state index is 10.3. The Bertz CT molecular complexity index is 121. The van der Waals surface area contributed by atoms with E-state index in [0.29, 0.717) is 0 Å². The van der Waals surface area contributed by atoms with E-state index in [1.54, 1.807) is 6.21 Å². The fraction of sp³-hybridized carbons (Fsp3) is 0.714. The normalized spacial score (nSPS) is 10.2. The minimum atomic E-state index is -0.00588. The van der Waals surface area contributed by atoms with Gasteiger partial charge in [-0.15, -0.1) is 0 Å². The number of ketones is 1.